The van der Waals surface area contributed by atoms with Crippen molar-refractivity contribution in [1.82, 2.24) is 0 Å². The third kappa shape index (κ3) is 5.58. The van der Waals surface area contributed by atoms with Crippen molar-refractivity contribution >= 4 is 44.8 Å². The van der Waals surface area contributed by atoms with Crippen molar-refractivity contribution in [3.63, 3.8) is 0 Å². The maximum atomic E-state index is 11.6. The number of hydrogen-bond donors (Lipinski definition) is 2. The molecule has 1 unspecified atom stereocenters. The summed E-state index contributed by atoms with van der Waals surface area (Å²) in [5.41, 5.74) is 4.24. The highest BCUT2D eigenvalue weighted by Gasteiger charge is 2.23. The van der Waals surface area contributed by atoms with Crippen LogP contribution in [0.4, 0.5) is 5.69 Å². The molecule has 7 heteroatoms. The quantitative estimate of drug-likeness (QED) is 0.260. The molecule has 0 bridgehead atoms. The summed E-state index contributed by atoms with van der Waals surface area (Å²) < 4.78 is 11.8. The molecule has 3 aromatic carbocycles. The summed E-state index contributed by atoms with van der Waals surface area (Å²) in [7, 11) is 1.36. The Morgan fingerprint density at radius 2 is 1.94 bits per heavy atom. The van der Waals surface area contributed by atoms with E-state index in [4.69, 9.17) is 21.1 Å². The number of hydrogen-bond acceptors (Lipinski definition) is 5. The standard InChI is InChI=1S/C26H23BrClNO4/c1-32-26(31)16-6-10-20(11-7-16)33-24-13-8-18(27)14-17(24)4-2-3-5-22-21-12-9-19(28)15-23(21)29-25(22)30/h5-15,25,29-30H,2-4H2,1H3/b22-5+. The maximum Gasteiger partial charge on any atom is 0.337 e. The molecule has 2 N–H and O–H groups in total. The summed E-state index contributed by atoms with van der Waals surface area (Å²) in [6.45, 7) is 0. The van der Waals surface area contributed by atoms with Crippen molar-refractivity contribution in [2.24, 2.45) is 0 Å². The number of aliphatic hydroxyl groups is 1. The van der Waals surface area contributed by atoms with Crippen molar-refractivity contribution in [3.05, 3.63) is 92.9 Å². The molecule has 4 rings (SSSR count). The Kier molecular flexibility index (Phi) is 7.38. The van der Waals surface area contributed by atoms with E-state index in [1.54, 1.807) is 24.3 Å². The zero-order valence-electron chi connectivity index (χ0n) is 18.0. The molecule has 1 heterocycles. The van der Waals surface area contributed by atoms with E-state index in [-0.39, 0.29) is 5.97 Å². The van der Waals surface area contributed by atoms with Gasteiger partial charge < -0.3 is 19.9 Å². The Labute approximate surface area is 206 Å². The Balaban J connectivity index is 1.42. The van der Waals surface area contributed by atoms with Crippen LogP contribution < -0.4 is 10.1 Å². The maximum absolute atomic E-state index is 11.6. The van der Waals surface area contributed by atoms with Crippen LogP contribution in [0.2, 0.25) is 5.02 Å². The average molecular weight is 529 g/mol. The molecule has 0 fully saturated rings. The van der Waals surface area contributed by atoms with E-state index in [0.29, 0.717) is 16.3 Å². The van der Waals surface area contributed by atoms with E-state index < -0.39 is 6.23 Å². The number of halogens is 2. The fourth-order valence-electron chi connectivity index (χ4n) is 3.78. The average Bonchev–Trinajstić information content (AvgIpc) is 3.12. The second-order valence-electron chi connectivity index (χ2n) is 7.66. The number of fused-ring (bicyclic) bond motifs is 1. The highest BCUT2D eigenvalue weighted by molar-refractivity contribution is 9.10. The van der Waals surface area contributed by atoms with Gasteiger partial charge in [0.25, 0.3) is 0 Å². The molecule has 1 aliphatic heterocycles. The minimum Gasteiger partial charge on any atom is -0.465 e. The molecule has 0 saturated heterocycles. The second kappa shape index (κ2) is 10.4. The lowest BCUT2D eigenvalue weighted by atomic mass is 10.0. The van der Waals surface area contributed by atoms with Gasteiger partial charge in [0.15, 0.2) is 6.23 Å². The number of anilines is 1. The number of carbonyl (C=O) groups is 1. The minimum absolute atomic E-state index is 0.381. The van der Waals surface area contributed by atoms with Gasteiger partial charge in [-0.15, -0.1) is 0 Å². The Morgan fingerprint density at radius 3 is 2.70 bits per heavy atom. The molecule has 0 aromatic heterocycles. The van der Waals surface area contributed by atoms with Crippen LogP contribution in [0.25, 0.3) is 5.57 Å². The third-order valence-electron chi connectivity index (χ3n) is 5.42. The number of allylic oxidation sites excluding steroid dienone is 1. The van der Waals surface area contributed by atoms with Gasteiger partial charge in [-0.3, -0.25) is 0 Å². The third-order valence-corrected chi connectivity index (χ3v) is 6.15. The first-order valence-corrected chi connectivity index (χ1v) is 11.7. The molecular formula is C26H23BrClNO4. The number of aliphatic hydroxyl groups excluding tert-OH is 1. The molecule has 5 nitrogen and oxygen atoms in total. The highest BCUT2D eigenvalue weighted by Crippen LogP contribution is 2.36. The summed E-state index contributed by atoms with van der Waals surface area (Å²) in [6.07, 6.45) is 3.83. The lowest BCUT2D eigenvalue weighted by Crippen LogP contribution is -2.12. The monoisotopic (exact) mass is 527 g/mol. The zero-order chi connectivity index (χ0) is 23.4. The van der Waals surface area contributed by atoms with Crippen LogP contribution in [0, 0.1) is 0 Å². The molecule has 0 spiro atoms. The first kappa shape index (κ1) is 23.4. The first-order chi connectivity index (χ1) is 15.9. The molecule has 170 valence electrons. The molecule has 33 heavy (non-hydrogen) atoms. The number of methoxy groups -OCH3 is 1. The van der Waals surface area contributed by atoms with Crippen LogP contribution in [0.3, 0.4) is 0 Å². The van der Waals surface area contributed by atoms with Crippen LogP contribution in [0.15, 0.2) is 71.2 Å². The number of benzene rings is 3. The molecule has 0 amide bonds. The molecule has 1 aliphatic rings. The lowest BCUT2D eigenvalue weighted by Gasteiger charge is -2.12. The van der Waals surface area contributed by atoms with Gasteiger partial charge >= 0.3 is 5.97 Å². The zero-order valence-corrected chi connectivity index (χ0v) is 20.3. The van der Waals surface area contributed by atoms with Crippen molar-refractivity contribution in [2.75, 3.05) is 12.4 Å². The molecular weight excluding hydrogens is 506 g/mol. The van der Waals surface area contributed by atoms with E-state index in [0.717, 1.165) is 51.9 Å². The van der Waals surface area contributed by atoms with Gasteiger partial charge in [0.05, 0.1) is 12.7 Å². The number of nitrogens with one attached hydrogen (secondary N) is 1. The fraction of sp³-hybridized carbons (Fsp3) is 0.192. The molecule has 0 saturated carbocycles. The van der Waals surface area contributed by atoms with Crippen molar-refractivity contribution < 1.29 is 19.4 Å². The SMILES string of the molecule is COC(=O)c1ccc(Oc2ccc(Br)cc2CCC/C=C2\c3ccc(Cl)cc3NC2O)cc1. The first-order valence-electron chi connectivity index (χ1n) is 10.5. The number of esters is 1. The van der Waals surface area contributed by atoms with E-state index in [1.807, 2.05) is 30.3 Å². The smallest absolute Gasteiger partial charge is 0.337 e. The van der Waals surface area contributed by atoms with E-state index in [9.17, 15) is 9.90 Å². The van der Waals surface area contributed by atoms with Gasteiger partial charge in [-0.2, -0.15) is 0 Å². The van der Waals surface area contributed by atoms with Crippen molar-refractivity contribution in [1.29, 1.82) is 0 Å². The Hall–Kier alpha value is -2.80. The normalized spacial score (nSPS) is 15.8. The largest absolute Gasteiger partial charge is 0.465 e. The Morgan fingerprint density at radius 1 is 1.15 bits per heavy atom. The van der Waals surface area contributed by atoms with E-state index in [1.165, 1.54) is 7.11 Å². The molecule has 0 radical (unpaired) electrons. The number of rotatable bonds is 7. The summed E-state index contributed by atoms with van der Waals surface area (Å²) in [5.74, 6) is 1.02. The number of ether oxygens (including phenoxy) is 2. The van der Waals surface area contributed by atoms with E-state index >= 15 is 0 Å². The van der Waals surface area contributed by atoms with Crippen molar-refractivity contribution in [3.8, 4) is 11.5 Å². The highest BCUT2D eigenvalue weighted by atomic mass is 79.9. The van der Waals surface area contributed by atoms with Crippen LogP contribution in [-0.2, 0) is 11.2 Å². The van der Waals surface area contributed by atoms with Crippen LogP contribution in [0.5, 0.6) is 11.5 Å². The van der Waals surface area contributed by atoms with Gasteiger partial charge in [-0.25, -0.2) is 4.79 Å². The second-order valence-corrected chi connectivity index (χ2v) is 9.01. The summed E-state index contributed by atoms with van der Waals surface area (Å²) in [6, 6.07) is 18.4. The van der Waals surface area contributed by atoms with Crippen molar-refractivity contribution in [2.45, 2.75) is 25.5 Å². The number of aryl methyl sites for hydroxylation is 1. The molecule has 3 aromatic rings. The predicted molar refractivity (Wildman–Crippen MR) is 134 cm³/mol. The van der Waals surface area contributed by atoms with Crippen LogP contribution in [0.1, 0.15) is 34.3 Å². The van der Waals surface area contributed by atoms with Gasteiger partial charge in [0.2, 0.25) is 0 Å². The number of unbranched alkanes of at least 4 members (excludes halogenated alkanes) is 1. The van der Waals surface area contributed by atoms with Gasteiger partial charge in [-0.1, -0.05) is 39.7 Å². The summed E-state index contributed by atoms with van der Waals surface area (Å²) in [4.78, 5) is 11.6. The van der Waals surface area contributed by atoms with Gasteiger partial charge in [0, 0.05) is 26.3 Å². The van der Waals surface area contributed by atoms with E-state index in [2.05, 4.69) is 33.4 Å². The fourth-order valence-corrected chi connectivity index (χ4v) is 4.36. The molecule has 0 aliphatic carbocycles. The lowest BCUT2D eigenvalue weighted by molar-refractivity contribution is 0.0600. The summed E-state index contributed by atoms with van der Waals surface area (Å²) in [5, 5.41) is 14.0. The Bertz CT molecular complexity index is 1190. The summed E-state index contributed by atoms with van der Waals surface area (Å²) >= 11 is 9.59. The van der Waals surface area contributed by atoms with Crippen LogP contribution in [-0.4, -0.2) is 24.4 Å². The topological polar surface area (TPSA) is 67.8 Å². The van der Waals surface area contributed by atoms with Crippen LogP contribution >= 0.6 is 27.5 Å². The number of carbonyl (C=O) groups excluding carboxylic acids is 1. The molecule has 1 atom stereocenters. The minimum atomic E-state index is -0.726. The predicted octanol–water partition coefficient (Wildman–Crippen LogP) is 6.83. The van der Waals surface area contributed by atoms with Gasteiger partial charge in [-0.05, 0) is 79.4 Å². The van der Waals surface area contributed by atoms with Gasteiger partial charge in [0.1, 0.15) is 11.5 Å².